The SMILES string of the molecule is CC=C1CCCC2(CCCC2)C1C(=O)O. The molecule has 2 aliphatic rings. The molecule has 0 aromatic heterocycles. The van der Waals surface area contributed by atoms with Gasteiger partial charge in [0.15, 0.2) is 0 Å². The summed E-state index contributed by atoms with van der Waals surface area (Å²) in [7, 11) is 0. The Morgan fingerprint density at radius 2 is 1.93 bits per heavy atom. The first kappa shape index (κ1) is 10.7. The van der Waals surface area contributed by atoms with Gasteiger partial charge in [0.2, 0.25) is 0 Å². The fourth-order valence-corrected chi connectivity index (χ4v) is 3.68. The van der Waals surface area contributed by atoms with E-state index in [1.807, 2.05) is 13.0 Å². The number of allylic oxidation sites excluding steroid dienone is 1. The minimum Gasteiger partial charge on any atom is -0.481 e. The van der Waals surface area contributed by atoms with Gasteiger partial charge in [-0.2, -0.15) is 0 Å². The Bertz CT molecular complexity index is 285. The number of hydrogen-bond acceptors (Lipinski definition) is 1. The molecule has 15 heavy (non-hydrogen) atoms. The van der Waals surface area contributed by atoms with E-state index in [4.69, 9.17) is 0 Å². The van der Waals surface area contributed by atoms with E-state index in [1.165, 1.54) is 24.8 Å². The Labute approximate surface area is 91.4 Å². The largest absolute Gasteiger partial charge is 0.481 e. The normalized spacial score (nSPS) is 32.3. The topological polar surface area (TPSA) is 37.3 Å². The van der Waals surface area contributed by atoms with Crippen molar-refractivity contribution in [2.24, 2.45) is 11.3 Å². The standard InChI is InChI=1S/C13H20O2/c1-2-10-6-5-9-13(7-3-4-8-13)11(10)12(14)15/h2,11H,3-9H2,1H3,(H,14,15). The van der Waals surface area contributed by atoms with Gasteiger partial charge in [0.1, 0.15) is 0 Å². The predicted octanol–water partition coefficient (Wildman–Crippen LogP) is 3.38. The lowest BCUT2D eigenvalue weighted by Gasteiger charge is -2.40. The first-order valence-corrected chi connectivity index (χ1v) is 6.07. The molecule has 0 aromatic carbocycles. The first-order valence-electron chi connectivity index (χ1n) is 6.07. The summed E-state index contributed by atoms with van der Waals surface area (Å²) in [4.78, 5) is 11.4. The molecule has 1 atom stereocenters. The molecule has 2 saturated carbocycles. The lowest BCUT2D eigenvalue weighted by atomic mass is 9.63. The minimum absolute atomic E-state index is 0.117. The zero-order valence-electron chi connectivity index (χ0n) is 9.46. The van der Waals surface area contributed by atoms with Crippen LogP contribution in [0.4, 0.5) is 0 Å². The predicted molar refractivity (Wildman–Crippen MR) is 59.6 cm³/mol. The van der Waals surface area contributed by atoms with Gasteiger partial charge in [0, 0.05) is 0 Å². The van der Waals surface area contributed by atoms with Crippen LogP contribution in [0.5, 0.6) is 0 Å². The van der Waals surface area contributed by atoms with Crippen LogP contribution >= 0.6 is 0 Å². The van der Waals surface area contributed by atoms with Gasteiger partial charge in [-0.15, -0.1) is 0 Å². The Morgan fingerprint density at radius 1 is 1.33 bits per heavy atom. The average molecular weight is 208 g/mol. The molecule has 0 aliphatic heterocycles. The van der Waals surface area contributed by atoms with Crippen LogP contribution in [0.15, 0.2) is 11.6 Å². The molecule has 0 radical (unpaired) electrons. The Balaban J connectivity index is 2.32. The number of carboxylic acids is 1. The maximum Gasteiger partial charge on any atom is 0.311 e. The number of aliphatic carboxylic acids is 1. The van der Waals surface area contributed by atoms with Crippen LogP contribution in [-0.4, -0.2) is 11.1 Å². The first-order chi connectivity index (χ1) is 7.19. The third-order valence-electron chi connectivity index (χ3n) is 4.34. The lowest BCUT2D eigenvalue weighted by molar-refractivity contribution is -0.145. The summed E-state index contributed by atoms with van der Waals surface area (Å²) in [6.07, 6.45) is 10.0. The van der Waals surface area contributed by atoms with Crippen LogP contribution in [0, 0.1) is 11.3 Å². The molecule has 84 valence electrons. The van der Waals surface area contributed by atoms with E-state index in [0.29, 0.717) is 0 Å². The zero-order chi connectivity index (χ0) is 10.9. The van der Waals surface area contributed by atoms with Crippen molar-refractivity contribution in [3.63, 3.8) is 0 Å². The van der Waals surface area contributed by atoms with Gasteiger partial charge in [0.05, 0.1) is 5.92 Å². The van der Waals surface area contributed by atoms with Gasteiger partial charge in [-0.05, 0) is 44.4 Å². The summed E-state index contributed by atoms with van der Waals surface area (Å²) in [6.45, 7) is 1.99. The summed E-state index contributed by atoms with van der Waals surface area (Å²) in [6, 6.07) is 0. The molecule has 2 rings (SSSR count). The molecule has 2 fully saturated rings. The Hall–Kier alpha value is -0.790. The van der Waals surface area contributed by atoms with E-state index < -0.39 is 5.97 Å². The third kappa shape index (κ3) is 1.70. The molecule has 0 bridgehead atoms. The lowest BCUT2D eigenvalue weighted by Crippen LogP contribution is -2.38. The molecule has 2 aliphatic carbocycles. The van der Waals surface area contributed by atoms with Gasteiger partial charge in [-0.1, -0.05) is 24.5 Å². The van der Waals surface area contributed by atoms with Crippen molar-refractivity contribution < 1.29 is 9.90 Å². The second-order valence-electron chi connectivity index (χ2n) is 5.06. The second kappa shape index (κ2) is 3.99. The Kier molecular flexibility index (Phi) is 2.85. The van der Waals surface area contributed by atoms with E-state index in [9.17, 15) is 9.90 Å². The van der Waals surface area contributed by atoms with Crippen molar-refractivity contribution in [3.8, 4) is 0 Å². The average Bonchev–Trinajstić information content (AvgIpc) is 2.66. The van der Waals surface area contributed by atoms with Gasteiger partial charge < -0.3 is 5.11 Å². The van der Waals surface area contributed by atoms with E-state index in [2.05, 4.69) is 0 Å². The highest BCUT2D eigenvalue weighted by atomic mass is 16.4. The zero-order valence-corrected chi connectivity index (χ0v) is 9.46. The van der Waals surface area contributed by atoms with E-state index in [-0.39, 0.29) is 11.3 Å². The van der Waals surface area contributed by atoms with Crippen LogP contribution in [0.2, 0.25) is 0 Å². The molecule has 0 amide bonds. The maximum absolute atomic E-state index is 11.4. The summed E-state index contributed by atoms with van der Waals surface area (Å²) >= 11 is 0. The van der Waals surface area contributed by atoms with E-state index in [1.54, 1.807) is 0 Å². The van der Waals surface area contributed by atoms with Crippen molar-refractivity contribution in [1.29, 1.82) is 0 Å². The molecule has 2 nitrogen and oxygen atoms in total. The van der Waals surface area contributed by atoms with Crippen LogP contribution < -0.4 is 0 Å². The third-order valence-corrected chi connectivity index (χ3v) is 4.34. The van der Waals surface area contributed by atoms with Crippen molar-refractivity contribution >= 4 is 5.97 Å². The molecule has 1 N–H and O–H groups in total. The summed E-state index contributed by atoms with van der Waals surface area (Å²) in [5.41, 5.74) is 1.29. The highest BCUT2D eigenvalue weighted by Gasteiger charge is 2.48. The molecule has 1 spiro atoms. The molecule has 0 heterocycles. The fraction of sp³-hybridized carbons (Fsp3) is 0.769. The highest BCUT2D eigenvalue weighted by Crippen LogP contribution is 2.54. The highest BCUT2D eigenvalue weighted by molar-refractivity contribution is 5.75. The number of rotatable bonds is 1. The van der Waals surface area contributed by atoms with Gasteiger partial charge in [-0.25, -0.2) is 0 Å². The molecule has 1 unspecified atom stereocenters. The minimum atomic E-state index is -0.593. The number of carboxylic acid groups (broad SMARTS) is 1. The van der Waals surface area contributed by atoms with Crippen molar-refractivity contribution in [3.05, 3.63) is 11.6 Å². The molecule has 0 aromatic rings. The molecular weight excluding hydrogens is 188 g/mol. The van der Waals surface area contributed by atoms with Crippen LogP contribution in [0.1, 0.15) is 51.9 Å². The van der Waals surface area contributed by atoms with Crippen molar-refractivity contribution in [2.75, 3.05) is 0 Å². The van der Waals surface area contributed by atoms with Gasteiger partial charge in [0.25, 0.3) is 0 Å². The smallest absolute Gasteiger partial charge is 0.311 e. The van der Waals surface area contributed by atoms with E-state index >= 15 is 0 Å². The number of hydrogen-bond donors (Lipinski definition) is 1. The molecular formula is C13H20O2. The quantitative estimate of drug-likeness (QED) is 0.671. The summed E-state index contributed by atoms with van der Waals surface area (Å²) in [5, 5.41) is 9.42. The summed E-state index contributed by atoms with van der Waals surface area (Å²) in [5.74, 6) is -0.775. The monoisotopic (exact) mass is 208 g/mol. The van der Waals surface area contributed by atoms with Crippen LogP contribution in [0.25, 0.3) is 0 Å². The van der Waals surface area contributed by atoms with Crippen molar-refractivity contribution in [2.45, 2.75) is 51.9 Å². The maximum atomic E-state index is 11.4. The number of carbonyl (C=O) groups is 1. The Morgan fingerprint density at radius 3 is 2.47 bits per heavy atom. The van der Waals surface area contributed by atoms with Gasteiger partial charge >= 0.3 is 5.97 Å². The molecule has 0 saturated heterocycles. The van der Waals surface area contributed by atoms with E-state index in [0.717, 1.165) is 25.7 Å². The second-order valence-corrected chi connectivity index (χ2v) is 5.06. The molecule has 2 heteroatoms. The van der Waals surface area contributed by atoms with Crippen LogP contribution in [0.3, 0.4) is 0 Å². The van der Waals surface area contributed by atoms with Gasteiger partial charge in [-0.3, -0.25) is 4.79 Å². The fourth-order valence-electron chi connectivity index (χ4n) is 3.68. The summed E-state index contributed by atoms with van der Waals surface area (Å²) < 4.78 is 0. The van der Waals surface area contributed by atoms with Crippen molar-refractivity contribution in [1.82, 2.24) is 0 Å². The van der Waals surface area contributed by atoms with Crippen LogP contribution in [-0.2, 0) is 4.79 Å².